The topological polar surface area (TPSA) is 48.0 Å². The number of morpholine rings is 1. The Morgan fingerprint density at radius 2 is 1.88 bits per heavy atom. The van der Waals surface area contributed by atoms with Gasteiger partial charge in [0.05, 0.1) is 25.9 Å². The fraction of sp³-hybridized carbons (Fsp3) is 0.519. The summed E-state index contributed by atoms with van der Waals surface area (Å²) in [5, 5.41) is 0. The Morgan fingerprint density at radius 1 is 1.21 bits per heavy atom. The highest BCUT2D eigenvalue weighted by Crippen LogP contribution is 2.71. The Labute approximate surface area is 202 Å². The van der Waals surface area contributed by atoms with Crippen molar-refractivity contribution in [3.05, 3.63) is 66.1 Å². The molecule has 2 atom stereocenters. The van der Waals surface area contributed by atoms with Crippen LogP contribution in [0.1, 0.15) is 48.5 Å². The molecule has 0 N–H and O–H groups in total. The first-order valence-electron chi connectivity index (χ1n) is 11.5. The zero-order valence-electron chi connectivity index (χ0n) is 21.3. The molecule has 0 aromatic heterocycles. The van der Waals surface area contributed by atoms with Crippen LogP contribution in [0, 0.1) is 0 Å². The van der Waals surface area contributed by atoms with E-state index in [9.17, 15) is 4.79 Å². The lowest BCUT2D eigenvalue weighted by Gasteiger charge is -2.52. The Morgan fingerprint density at radius 3 is 2.42 bits per heavy atom. The van der Waals surface area contributed by atoms with Crippen molar-refractivity contribution < 1.29 is 18.5 Å². The molecule has 1 saturated heterocycles. The summed E-state index contributed by atoms with van der Waals surface area (Å²) in [4.78, 5) is 16.9. The summed E-state index contributed by atoms with van der Waals surface area (Å²) in [7, 11) is -1.97. The number of carbonyl (C=O) groups is 1. The van der Waals surface area contributed by atoms with Crippen LogP contribution in [0.25, 0.3) is 0 Å². The highest BCUT2D eigenvalue weighted by molar-refractivity contribution is 8.34. The maximum atomic E-state index is 12.9. The fourth-order valence-electron chi connectivity index (χ4n) is 3.83. The standard InChI is InChI=1S/C27H41NO4S/c1-9-14-23(15-10-2)33(27(6,7)8,24-16-12-11-13-17-24)31-21-22-20-30-19-18-28(22)25(29)32-26(3,4)5/h9-17,22H,1,18-21H2,2-8H3/b15-10-,23-14+. The van der Waals surface area contributed by atoms with Crippen LogP contribution in [0.5, 0.6) is 0 Å². The molecular weight excluding hydrogens is 434 g/mol. The minimum atomic E-state index is -1.97. The molecule has 1 aliphatic rings. The van der Waals surface area contributed by atoms with Gasteiger partial charge < -0.3 is 13.7 Å². The van der Waals surface area contributed by atoms with Gasteiger partial charge in [-0.15, -0.1) is 0 Å². The maximum absolute atomic E-state index is 12.9. The predicted octanol–water partition coefficient (Wildman–Crippen LogP) is 6.86. The maximum Gasteiger partial charge on any atom is 0.410 e. The van der Waals surface area contributed by atoms with Crippen molar-refractivity contribution >= 4 is 16.4 Å². The third-order valence-electron chi connectivity index (χ3n) is 5.18. The number of hydrogen-bond donors (Lipinski definition) is 0. The molecule has 0 saturated carbocycles. The summed E-state index contributed by atoms with van der Waals surface area (Å²) >= 11 is 0. The zero-order valence-corrected chi connectivity index (χ0v) is 22.1. The van der Waals surface area contributed by atoms with Gasteiger partial charge >= 0.3 is 6.09 Å². The van der Waals surface area contributed by atoms with Crippen molar-refractivity contribution in [1.29, 1.82) is 0 Å². The van der Waals surface area contributed by atoms with E-state index in [1.165, 1.54) is 0 Å². The van der Waals surface area contributed by atoms with E-state index in [1.54, 1.807) is 4.90 Å². The second kappa shape index (κ2) is 11.4. The van der Waals surface area contributed by atoms with Crippen LogP contribution in [-0.2, 0) is 13.7 Å². The molecule has 1 aliphatic heterocycles. The lowest BCUT2D eigenvalue weighted by Crippen LogP contribution is -2.52. The predicted molar refractivity (Wildman–Crippen MR) is 139 cm³/mol. The van der Waals surface area contributed by atoms with E-state index in [4.69, 9.17) is 13.7 Å². The molecule has 0 aliphatic carbocycles. The lowest BCUT2D eigenvalue weighted by molar-refractivity contribution is -0.0409. The molecule has 6 heteroatoms. The summed E-state index contributed by atoms with van der Waals surface area (Å²) < 4.78 is 18.2. The molecule has 0 spiro atoms. The molecule has 5 nitrogen and oxygen atoms in total. The highest BCUT2D eigenvalue weighted by Gasteiger charge is 2.43. The SMILES string of the molecule is C=C/C=C(\C=C/C)S(OCC1COCCN1C(=O)OC(C)(C)C)(c1ccccc1)C(C)(C)C. The summed E-state index contributed by atoms with van der Waals surface area (Å²) in [5.41, 5.74) is -0.558. The van der Waals surface area contributed by atoms with Crippen LogP contribution < -0.4 is 0 Å². The lowest BCUT2D eigenvalue weighted by atomic mass is 10.2. The van der Waals surface area contributed by atoms with Crippen molar-refractivity contribution in [1.82, 2.24) is 4.90 Å². The molecule has 1 aromatic carbocycles. The average Bonchev–Trinajstić information content (AvgIpc) is 2.73. The second-order valence-electron chi connectivity index (χ2n) is 9.97. The van der Waals surface area contributed by atoms with E-state index in [2.05, 4.69) is 45.6 Å². The van der Waals surface area contributed by atoms with Gasteiger partial charge in [-0.3, -0.25) is 4.90 Å². The van der Waals surface area contributed by atoms with Crippen LogP contribution in [0.2, 0.25) is 0 Å². The highest BCUT2D eigenvalue weighted by atomic mass is 32.3. The quantitative estimate of drug-likeness (QED) is 0.404. The summed E-state index contributed by atoms with van der Waals surface area (Å²) in [6.07, 6.45) is 7.66. The molecule has 184 valence electrons. The fourth-order valence-corrected chi connectivity index (χ4v) is 7.66. The van der Waals surface area contributed by atoms with Crippen LogP contribution in [0.4, 0.5) is 4.79 Å². The van der Waals surface area contributed by atoms with Crippen LogP contribution in [0.15, 0.2) is 71.0 Å². The van der Waals surface area contributed by atoms with Gasteiger partial charge in [-0.25, -0.2) is 4.79 Å². The first-order valence-corrected chi connectivity index (χ1v) is 13.1. The second-order valence-corrected chi connectivity index (χ2v) is 13.5. The van der Waals surface area contributed by atoms with Crippen LogP contribution in [0.3, 0.4) is 0 Å². The normalized spacial score (nSPS) is 20.9. The first-order chi connectivity index (χ1) is 15.5. The number of allylic oxidation sites excluding steroid dienone is 4. The average molecular weight is 476 g/mol. The van der Waals surface area contributed by atoms with Gasteiger partial charge in [0.15, 0.2) is 0 Å². The smallest absolute Gasteiger partial charge is 0.410 e. The van der Waals surface area contributed by atoms with E-state index < -0.39 is 15.9 Å². The number of rotatable bonds is 7. The van der Waals surface area contributed by atoms with Gasteiger partial charge in [0, 0.05) is 21.1 Å². The molecule has 0 bridgehead atoms. The number of ether oxygens (including phenoxy) is 2. The van der Waals surface area contributed by atoms with E-state index in [0.29, 0.717) is 26.4 Å². The van der Waals surface area contributed by atoms with Crippen LogP contribution in [-0.4, -0.2) is 53.7 Å². The van der Waals surface area contributed by atoms with E-state index >= 15 is 0 Å². The van der Waals surface area contributed by atoms with Gasteiger partial charge in [0.2, 0.25) is 0 Å². The van der Waals surface area contributed by atoms with Crippen molar-refractivity contribution in [3.63, 3.8) is 0 Å². The number of hydrogen-bond acceptors (Lipinski definition) is 4. The molecule has 33 heavy (non-hydrogen) atoms. The molecule has 0 radical (unpaired) electrons. The molecular formula is C27H41NO4S. The third kappa shape index (κ3) is 6.75. The van der Waals surface area contributed by atoms with E-state index in [-0.39, 0.29) is 16.9 Å². The summed E-state index contributed by atoms with van der Waals surface area (Å²) in [6.45, 7) is 19.9. The molecule has 2 rings (SSSR count). The van der Waals surface area contributed by atoms with Crippen molar-refractivity contribution in [2.75, 3.05) is 26.4 Å². The van der Waals surface area contributed by atoms with Gasteiger partial charge in [-0.05, 0) is 66.7 Å². The van der Waals surface area contributed by atoms with Crippen molar-refractivity contribution in [3.8, 4) is 0 Å². The van der Waals surface area contributed by atoms with Gasteiger partial charge in [-0.1, -0.05) is 53.3 Å². The Hall–Kier alpha value is -2.02. The number of amides is 1. The monoisotopic (exact) mass is 475 g/mol. The summed E-state index contributed by atoms with van der Waals surface area (Å²) in [5.74, 6) is 0. The van der Waals surface area contributed by atoms with Crippen molar-refractivity contribution in [2.24, 2.45) is 0 Å². The van der Waals surface area contributed by atoms with Gasteiger partial charge in [0.25, 0.3) is 0 Å². The van der Waals surface area contributed by atoms with E-state index in [1.807, 2.05) is 64.1 Å². The molecule has 2 unspecified atom stereocenters. The molecule has 1 heterocycles. The summed E-state index contributed by atoms with van der Waals surface area (Å²) in [6, 6.07) is 10.1. The third-order valence-corrected chi connectivity index (χ3v) is 9.26. The Bertz CT molecular complexity index is 851. The number of benzene rings is 1. The Balaban J connectivity index is 2.49. The minimum Gasteiger partial charge on any atom is -0.444 e. The van der Waals surface area contributed by atoms with Gasteiger partial charge in [0.1, 0.15) is 5.60 Å². The zero-order chi connectivity index (χ0) is 24.7. The number of nitrogens with zero attached hydrogens (tertiary/aromatic N) is 1. The van der Waals surface area contributed by atoms with E-state index in [0.717, 1.165) is 9.80 Å². The minimum absolute atomic E-state index is 0.227. The largest absolute Gasteiger partial charge is 0.444 e. The first kappa shape index (κ1) is 27.2. The van der Waals surface area contributed by atoms with Crippen LogP contribution >= 0.6 is 10.3 Å². The molecule has 1 amide bonds. The molecule has 1 fully saturated rings. The molecule has 1 aromatic rings. The Kier molecular flexibility index (Phi) is 9.41. The van der Waals surface area contributed by atoms with Gasteiger partial charge in [-0.2, -0.15) is 0 Å². The number of carbonyl (C=O) groups excluding carboxylic acids is 1. The van der Waals surface area contributed by atoms with Crippen molar-refractivity contribution in [2.45, 2.75) is 69.8 Å².